The minimum atomic E-state index is -4.68. The van der Waals surface area contributed by atoms with Gasteiger partial charge in [-0.2, -0.15) is 13.2 Å². The van der Waals surface area contributed by atoms with Crippen molar-refractivity contribution in [3.8, 4) is 0 Å². The molecule has 0 radical (unpaired) electrons. The van der Waals surface area contributed by atoms with Crippen molar-refractivity contribution in [1.82, 2.24) is 0 Å². The van der Waals surface area contributed by atoms with Crippen molar-refractivity contribution in [1.29, 1.82) is 10.8 Å². The number of hydrogen-bond donors (Lipinski definition) is 3. The minimum absolute atomic E-state index is 0.119. The monoisotopic (exact) mass is 171 g/mol. The molecule has 0 aromatic carbocycles. The van der Waals surface area contributed by atoms with E-state index < -0.39 is 16.4 Å². The third kappa shape index (κ3) is 3.33. The van der Waals surface area contributed by atoms with Crippen LogP contribution in [0.4, 0.5) is 13.2 Å². The highest BCUT2D eigenvalue weighted by atomic mass is 32.2. The van der Waals surface area contributed by atoms with Crippen LogP contribution >= 0.6 is 11.8 Å². The van der Waals surface area contributed by atoms with E-state index in [9.17, 15) is 13.2 Å². The molecule has 4 N–H and O–H groups in total. The molecule has 0 bridgehead atoms. The molecule has 0 heterocycles. The van der Waals surface area contributed by atoms with Crippen molar-refractivity contribution in [2.75, 3.05) is 0 Å². The first-order chi connectivity index (χ1) is 4.34. The average molecular weight is 171 g/mol. The number of hydrogen-bond acceptors (Lipinski definition) is 3. The molecule has 0 atom stereocenters. The van der Waals surface area contributed by atoms with Gasteiger partial charge in [0.25, 0.3) is 0 Å². The molecule has 0 spiro atoms. The van der Waals surface area contributed by atoms with Crippen LogP contribution in [0, 0.1) is 10.8 Å². The van der Waals surface area contributed by atoms with Crippen LogP contribution in [0.5, 0.6) is 0 Å². The van der Waals surface area contributed by atoms with Gasteiger partial charge in [-0.15, -0.1) is 0 Å². The van der Waals surface area contributed by atoms with E-state index >= 15 is 0 Å². The summed E-state index contributed by atoms with van der Waals surface area (Å²) in [7, 11) is 0. The van der Waals surface area contributed by atoms with Gasteiger partial charge in [-0.1, -0.05) is 0 Å². The van der Waals surface area contributed by atoms with Crippen LogP contribution in [0.1, 0.15) is 0 Å². The first-order valence-electron chi connectivity index (χ1n) is 2.01. The molecule has 7 heteroatoms. The van der Waals surface area contributed by atoms with Gasteiger partial charge in [0.1, 0.15) is 0 Å². The van der Waals surface area contributed by atoms with E-state index in [1.54, 1.807) is 0 Å². The van der Waals surface area contributed by atoms with Gasteiger partial charge >= 0.3 is 6.18 Å². The van der Waals surface area contributed by atoms with Crippen molar-refractivity contribution in [2.45, 2.75) is 6.18 Å². The Balaban J connectivity index is 3.99. The molecule has 0 aliphatic heterocycles. The summed E-state index contributed by atoms with van der Waals surface area (Å²) in [4.78, 5) is 0. The molecule has 0 fully saturated rings. The Morgan fingerprint density at radius 2 is 1.70 bits per heavy atom. The Bertz CT molecular complexity index is 163. The summed E-state index contributed by atoms with van der Waals surface area (Å²) in [5.41, 5.74) is 4.60. The van der Waals surface area contributed by atoms with Gasteiger partial charge < -0.3 is 5.73 Å². The first kappa shape index (κ1) is 9.28. The van der Waals surface area contributed by atoms with Crippen LogP contribution in [0.25, 0.3) is 0 Å². The van der Waals surface area contributed by atoms with E-state index in [0.717, 1.165) is 0 Å². The molecule has 0 rings (SSSR count). The fourth-order valence-electron chi connectivity index (χ4n) is 0.168. The third-order valence-electron chi connectivity index (χ3n) is 0.469. The second kappa shape index (κ2) is 2.91. The quantitative estimate of drug-likeness (QED) is 0.378. The van der Waals surface area contributed by atoms with Crippen LogP contribution in [0.3, 0.4) is 0 Å². The molecule has 0 aromatic heterocycles. The lowest BCUT2D eigenvalue weighted by molar-refractivity contribution is -0.0560. The number of rotatable bonds is 0. The van der Waals surface area contributed by atoms with Gasteiger partial charge in [0.05, 0.1) is 0 Å². The Hall–Kier alpha value is -0.720. The summed E-state index contributed by atoms with van der Waals surface area (Å²) in [6.07, 6.45) is -4.68. The van der Waals surface area contributed by atoms with Gasteiger partial charge in [-0.05, 0) is 11.8 Å². The average Bonchev–Trinajstić information content (AvgIpc) is 1.60. The normalized spacial score (nSPS) is 11.1. The van der Waals surface area contributed by atoms with E-state index in [2.05, 4.69) is 5.73 Å². The zero-order valence-corrected chi connectivity index (χ0v) is 5.44. The smallest absolute Gasteiger partial charge is 0.378 e. The molecule has 58 valence electrons. The molecule has 0 saturated carbocycles. The fourth-order valence-corrected chi connectivity index (χ4v) is 0.503. The van der Waals surface area contributed by atoms with E-state index in [-0.39, 0.29) is 11.8 Å². The molecule has 10 heavy (non-hydrogen) atoms. The van der Waals surface area contributed by atoms with Crippen LogP contribution in [0.2, 0.25) is 0 Å². The van der Waals surface area contributed by atoms with Crippen molar-refractivity contribution in [3.63, 3.8) is 0 Å². The standard InChI is InChI=1S/C3H4F3N3S/c4-3(5,6)1(7)10-2(8)9/h7H,(H3,8,9). The summed E-state index contributed by atoms with van der Waals surface area (Å²) in [6.45, 7) is 0. The zero-order valence-electron chi connectivity index (χ0n) is 4.62. The van der Waals surface area contributed by atoms with Gasteiger partial charge in [-0.25, -0.2) is 0 Å². The Kier molecular flexibility index (Phi) is 2.70. The summed E-state index contributed by atoms with van der Waals surface area (Å²) in [5.74, 6) is 0. The maximum Gasteiger partial charge on any atom is 0.439 e. The number of alkyl halides is 3. The molecule has 0 amide bonds. The van der Waals surface area contributed by atoms with E-state index in [0.29, 0.717) is 0 Å². The highest BCUT2D eigenvalue weighted by Crippen LogP contribution is 2.22. The van der Waals surface area contributed by atoms with Crippen LogP contribution in [-0.2, 0) is 0 Å². The predicted molar refractivity (Wildman–Crippen MR) is 33.3 cm³/mol. The molecule has 0 aliphatic rings. The maximum absolute atomic E-state index is 11.4. The lowest BCUT2D eigenvalue weighted by atomic mass is 10.7. The van der Waals surface area contributed by atoms with Crippen LogP contribution in [-0.4, -0.2) is 16.4 Å². The molecule has 3 nitrogen and oxygen atoms in total. The summed E-state index contributed by atoms with van der Waals surface area (Å²) < 4.78 is 34.2. The van der Waals surface area contributed by atoms with E-state index in [1.165, 1.54) is 0 Å². The van der Waals surface area contributed by atoms with Gasteiger partial charge in [0, 0.05) is 0 Å². The number of nitrogens with two attached hydrogens (primary N) is 1. The van der Waals surface area contributed by atoms with Gasteiger partial charge in [0.15, 0.2) is 10.2 Å². The van der Waals surface area contributed by atoms with E-state index in [1.807, 2.05) is 0 Å². The van der Waals surface area contributed by atoms with E-state index in [4.69, 9.17) is 10.8 Å². The van der Waals surface area contributed by atoms with Crippen molar-refractivity contribution < 1.29 is 13.2 Å². The molecule has 0 unspecified atom stereocenters. The fraction of sp³-hybridized carbons (Fsp3) is 0.333. The SMILES string of the molecule is N=C(N)SC(=N)C(F)(F)F. The van der Waals surface area contributed by atoms with Crippen LogP contribution in [0.15, 0.2) is 0 Å². The number of thioether (sulfide) groups is 1. The van der Waals surface area contributed by atoms with Crippen molar-refractivity contribution in [3.05, 3.63) is 0 Å². The second-order valence-corrected chi connectivity index (χ2v) is 2.35. The third-order valence-corrected chi connectivity index (χ3v) is 1.12. The molecule has 0 aromatic rings. The number of halogens is 3. The van der Waals surface area contributed by atoms with Crippen molar-refractivity contribution in [2.24, 2.45) is 5.73 Å². The lowest BCUT2D eigenvalue weighted by Crippen LogP contribution is -2.22. The number of nitrogens with one attached hydrogen (secondary N) is 2. The maximum atomic E-state index is 11.4. The predicted octanol–water partition coefficient (Wildman–Crippen LogP) is 1.15. The first-order valence-corrected chi connectivity index (χ1v) is 2.83. The molecule has 0 aliphatic carbocycles. The highest BCUT2D eigenvalue weighted by Gasteiger charge is 2.35. The summed E-state index contributed by atoms with van der Waals surface area (Å²) >= 11 is -0.119. The van der Waals surface area contributed by atoms with Crippen molar-refractivity contribution >= 4 is 22.0 Å². The summed E-state index contributed by atoms with van der Waals surface area (Å²) in [6, 6.07) is 0. The highest BCUT2D eigenvalue weighted by molar-refractivity contribution is 8.26. The molecular formula is C3H4F3N3S. The summed E-state index contributed by atoms with van der Waals surface area (Å²) in [5, 5.41) is 10.4. The number of amidine groups is 1. The topological polar surface area (TPSA) is 73.7 Å². The zero-order chi connectivity index (χ0) is 8.36. The second-order valence-electron chi connectivity index (χ2n) is 1.29. The lowest BCUT2D eigenvalue weighted by Gasteiger charge is -2.04. The largest absolute Gasteiger partial charge is 0.439 e. The minimum Gasteiger partial charge on any atom is -0.378 e. The Morgan fingerprint density at radius 3 is 1.80 bits per heavy atom. The van der Waals surface area contributed by atoms with Gasteiger partial charge in [-0.3, -0.25) is 10.8 Å². The van der Waals surface area contributed by atoms with Gasteiger partial charge in [0.2, 0.25) is 0 Å². The Labute approximate surface area is 58.8 Å². The molecular weight excluding hydrogens is 167 g/mol. The van der Waals surface area contributed by atoms with Crippen LogP contribution < -0.4 is 5.73 Å². The molecule has 0 saturated heterocycles. The Morgan fingerprint density at radius 1 is 1.30 bits per heavy atom.